The Hall–Kier alpha value is -1.66. The van der Waals surface area contributed by atoms with Crippen LogP contribution >= 0.6 is 0 Å². The molecule has 1 aromatic rings. The predicted molar refractivity (Wildman–Crippen MR) is 80.9 cm³/mol. The fourth-order valence-corrected chi connectivity index (χ4v) is 2.11. The van der Waals surface area contributed by atoms with Crippen molar-refractivity contribution >= 4 is 5.84 Å². The van der Waals surface area contributed by atoms with E-state index in [0.29, 0.717) is 30.2 Å². The number of nitrogens with zero attached hydrogens (tertiary/aromatic N) is 2. The van der Waals surface area contributed by atoms with Crippen LogP contribution in [-0.4, -0.2) is 42.7 Å². The highest BCUT2D eigenvalue weighted by Crippen LogP contribution is 2.14. The summed E-state index contributed by atoms with van der Waals surface area (Å²) in [6.07, 6.45) is 0. The van der Waals surface area contributed by atoms with Gasteiger partial charge in [-0.25, -0.2) is 4.39 Å². The molecular weight excluding hydrogens is 273 g/mol. The van der Waals surface area contributed by atoms with Crippen molar-refractivity contribution in [2.45, 2.75) is 20.4 Å². The number of amidine groups is 1. The summed E-state index contributed by atoms with van der Waals surface area (Å²) in [6, 6.07) is 4.61. The summed E-state index contributed by atoms with van der Waals surface area (Å²) in [5.41, 5.74) is 6.40. The molecule has 0 radical (unpaired) electrons. The van der Waals surface area contributed by atoms with E-state index in [1.807, 2.05) is 0 Å². The monoisotopic (exact) mass is 297 g/mol. The second kappa shape index (κ2) is 8.59. The van der Waals surface area contributed by atoms with Crippen LogP contribution in [0.3, 0.4) is 0 Å². The Balaban J connectivity index is 2.83. The zero-order valence-corrected chi connectivity index (χ0v) is 12.8. The number of nitrogens with two attached hydrogens (primary N) is 1. The number of hydrogen-bond acceptors (Lipinski definition) is 4. The SMILES string of the molecule is COCCN(Cc1ccc(C(N)=NO)cc1F)CC(C)C. The quantitative estimate of drug-likeness (QED) is 0.333. The summed E-state index contributed by atoms with van der Waals surface area (Å²) in [5, 5.41) is 11.5. The Labute approximate surface area is 125 Å². The van der Waals surface area contributed by atoms with Crippen molar-refractivity contribution in [3.05, 3.63) is 35.1 Å². The van der Waals surface area contributed by atoms with E-state index in [0.717, 1.165) is 13.1 Å². The predicted octanol–water partition coefficient (Wildman–Crippen LogP) is 2.02. The Morgan fingerprint density at radius 3 is 2.71 bits per heavy atom. The number of ether oxygens (including phenoxy) is 1. The zero-order valence-electron chi connectivity index (χ0n) is 12.8. The minimum atomic E-state index is -0.356. The van der Waals surface area contributed by atoms with Gasteiger partial charge >= 0.3 is 0 Å². The van der Waals surface area contributed by atoms with E-state index in [9.17, 15) is 4.39 Å². The molecule has 1 aromatic carbocycles. The maximum Gasteiger partial charge on any atom is 0.170 e. The van der Waals surface area contributed by atoms with E-state index >= 15 is 0 Å². The molecule has 0 aliphatic rings. The average Bonchev–Trinajstić information content (AvgIpc) is 2.45. The summed E-state index contributed by atoms with van der Waals surface area (Å²) in [7, 11) is 1.65. The first-order valence-corrected chi connectivity index (χ1v) is 6.95. The topological polar surface area (TPSA) is 71.1 Å². The van der Waals surface area contributed by atoms with Crippen molar-refractivity contribution in [3.8, 4) is 0 Å². The molecule has 0 bridgehead atoms. The van der Waals surface area contributed by atoms with Gasteiger partial charge in [-0.3, -0.25) is 4.90 Å². The van der Waals surface area contributed by atoms with Crippen molar-refractivity contribution in [2.75, 3.05) is 26.8 Å². The molecule has 21 heavy (non-hydrogen) atoms. The van der Waals surface area contributed by atoms with Gasteiger partial charge in [-0.15, -0.1) is 0 Å². The summed E-state index contributed by atoms with van der Waals surface area (Å²) in [4.78, 5) is 2.15. The molecule has 118 valence electrons. The van der Waals surface area contributed by atoms with Gasteiger partial charge in [0.1, 0.15) is 5.82 Å². The van der Waals surface area contributed by atoms with Crippen LogP contribution in [0.5, 0.6) is 0 Å². The summed E-state index contributed by atoms with van der Waals surface area (Å²) < 4.78 is 19.2. The summed E-state index contributed by atoms with van der Waals surface area (Å²) >= 11 is 0. The molecule has 0 saturated carbocycles. The van der Waals surface area contributed by atoms with Gasteiger partial charge < -0.3 is 15.7 Å². The maximum atomic E-state index is 14.1. The number of benzene rings is 1. The minimum Gasteiger partial charge on any atom is -0.409 e. The molecule has 6 heteroatoms. The molecule has 0 aliphatic carbocycles. The van der Waals surface area contributed by atoms with Crippen LogP contribution in [0.25, 0.3) is 0 Å². The van der Waals surface area contributed by atoms with E-state index < -0.39 is 0 Å². The van der Waals surface area contributed by atoms with Crippen LogP contribution in [-0.2, 0) is 11.3 Å². The van der Waals surface area contributed by atoms with Crippen molar-refractivity contribution in [1.29, 1.82) is 0 Å². The smallest absolute Gasteiger partial charge is 0.170 e. The zero-order chi connectivity index (χ0) is 15.8. The fourth-order valence-electron chi connectivity index (χ4n) is 2.11. The summed E-state index contributed by atoms with van der Waals surface area (Å²) in [6.45, 7) is 6.97. The molecule has 0 aromatic heterocycles. The van der Waals surface area contributed by atoms with E-state index in [-0.39, 0.29) is 11.7 Å². The van der Waals surface area contributed by atoms with Crippen LogP contribution in [0.4, 0.5) is 4.39 Å². The van der Waals surface area contributed by atoms with Crippen LogP contribution < -0.4 is 5.73 Å². The number of oxime groups is 1. The number of halogens is 1. The number of methoxy groups -OCH3 is 1. The van der Waals surface area contributed by atoms with Crippen molar-refractivity contribution in [1.82, 2.24) is 4.90 Å². The first-order valence-electron chi connectivity index (χ1n) is 6.95. The lowest BCUT2D eigenvalue weighted by Gasteiger charge is -2.24. The highest BCUT2D eigenvalue weighted by atomic mass is 19.1. The lowest BCUT2D eigenvalue weighted by Crippen LogP contribution is -2.31. The third kappa shape index (κ3) is 5.69. The number of hydrogen-bond donors (Lipinski definition) is 2. The molecule has 0 saturated heterocycles. The fraction of sp³-hybridized carbons (Fsp3) is 0.533. The van der Waals surface area contributed by atoms with Crippen molar-refractivity contribution < 1.29 is 14.3 Å². The van der Waals surface area contributed by atoms with Crippen LogP contribution in [0.2, 0.25) is 0 Å². The second-order valence-electron chi connectivity index (χ2n) is 5.41. The van der Waals surface area contributed by atoms with Gasteiger partial charge in [-0.1, -0.05) is 31.1 Å². The molecule has 0 spiro atoms. The van der Waals surface area contributed by atoms with Crippen LogP contribution in [0.15, 0.2) is 23.4 Å². The first kappa shape index (κ1) is 17.4. The molecule has 0 fully saturated rings. The van der Waals surface area contributed by atoms with Gasteiger partial charge in [0, 0.05) is 37.9 Å². The Bertz CT molecular complexity index is 478. The molecule has 0 heterocycles. The first-order chi connectivity index (χ1) is 9.97. The third-order valence-corrected chi connectivity index (χ3v) is 3.09. The molecule has 0 aliphatic heterocycles. The van der Waals surface area contributed by atoms with Gasteiger partial charge in [0.25, 0.3) is 0 Å². The van der Waals surface area contributed by atoms with Gasteiger partial charge in [0.05, 0.1) is 6.61 Å². The Kier molecular flexibility index (Phi) is 7.11. The van der Waals surface area contributed by atoms with Crippen LogP contribution in [0.1, 0.15) is 25.0 Å². The second-order valence-corrected chi connectivity index (χ2v) is 5.41. The molecule has 3 N–H and O–H groups in total. The Morgan fingerprint density at radius 1 is 1.48 bits per heavy atom. The molecule has 0 unspecified atom stereocenters. The van der Waals surface area contributed by atoms with Gasteiger partial charge in [0.2, 0.25) is 0 Å². The molecule has 0 atom stereocenters. The van der Waals surface area contributed by atoms with Gasteiger partial charge in [0.15, 0.2) is 5.84 Å². The third-order valence-electron chi connectivity index (χ3n) is 3.09. The van der Waals surface area contributed by atoms with Crippen LogP contribution in [0, 0.1) is 11.7 Å². The standard InChI is InChI=1S/C15H24FN3O2/c1-11(2)9-19(6-7-21-3)10-13-5-4-12(8-14(13)16)15(17)18-20/h4-5,8,11,20H,6-7,9-10H2,1-3H3,(H2,17,18). The van der Waals surface area contributed by atoms with E-state index in [1.165, 1.54) is 6.07 Å². The van der Waals surface area contributed by atoms with Gasteiger partial charge in [-0.2, -0.15) is 0 Å². The van der Waals surface area contributed by atoms with Gasteiger partial charge in [-0.05, 0) is 12.0 Å². The van der Waals surface area contributed by atoms with Crippen molar-refractivity contribution in [2.24, 2.45) is 16.8 Å². The minimum absolute atomic E-state index is 0.0983. The molecule has 0 amide bonds. The summed E-state index contributed by atoms with van der Waals surface area (Å²) in [5.74, 6) is 0.0329. The normalized spacial score (nSPS) is 12.4. The maximum absolute atomic E-state index is 14.1. The highest BCUT2D eigenvalue weighted by Gasteiger charge is 2.12. The number of rotatable bonds is 8. The lowest BCUT2D eigenvalue weighted by atomic mass is 10.1. The Morgan fingerprint density at radius 2 is 2.19 bits per heavy atom. The molecular formula is C15H24FN3O2. The van der Waals surface area contributed by atoms with Crippen molar-refractivity contribution in [3.63, 3.8) is 0 Å². The molecule has 1 rings (SSSR count). The lowest BCUT2D eigenvalue weighted by molar-refractivity contribution is 0.135. The largest absolute Gasteiger partial charge is 0.409 e. The van der Waals surface area contributed by atoms with E-state index in [4.69, 9.17) is 15.7 Å². The average molecular weight is 297 g/mol. The molecule has 5 nitrogen and oxygen atoms in total. The highest BCUT2D eigenvalue weighted by molar-refractivity contribution is 5.97. The van der Waals surface area contributed by atoms with E-state index in [1.54, 1.807) is 19.2 Å². The van der Waals surface area contributed by atoms with E-state index in [2.05, 4.69) is 23.9 Å².